The summed E-state index contributed by atoms with van der Waals surface area (Å²) in [6.07, 6.45) is -5.04. The molecule has 0 spiro atoms. The quantitative estimate of drug-likeness (QED) is 0.706. The second kappa shape index (κ2) is 7.89. The van der Waals surface area contributed by atoms with Gasteiger partial charge in [-0.05, 0) is 24.7 Å². The molecule has 1 aromatic heterocycles. The maximum absolute atomic E-state index is 12.6. The molecular weight excluding hydrogens is 359 g/mol. The average molecular weight is 377 g/mol. The Hall–Kier alpha value is -2.71. The van der Waals surface area contributed by atoms with Crippen molar-refractivity contribution in [3.8, 4) is 11.4 Å². The molecule has 5 nitrogen and oxygen atoms in total. The number of aliphatic hydroxyl groups is 1. The Morgan fingerprint density at radius 3 is 2.37 bits per heavy atom. The zero-order chi connectivity index (χ0) is 19.4. The van der Waals surface area contributed by atoms with Gasteiger partial charge in [0.25, 0.3) is 0 Å². The molecule has 1 heterocycles. The molecule has 0 unspecified atom stereocenters. The van der Waals surface area contributed by atoms with E-state index >= 15 is 0 Å². The van der Waals surface area contributed by atoms with Gasteiger partial charge in [0.2, 0.25) is 11.7 Å². The first-order valence-corrected chi connectivity index (χ1v) is 8.24. The van der Waals surface area contributed by atoms with E-state index in [9.17, 15) is 18.3 Å². The Balaban J connectivity index is 1.62. The second-order valence-electron chi connectivity index (χ2n) is 6.21. The van der Waals surface area contributed by atoms with Crippen LogP contribution in [0.25, 0.3) is 11.4 Å². The number of alkyl halides is 3. The number of benzene rings is 2. The number of rotatable bonds is 6. The summed E-state index contributed by atoms with van der Waals surface area (Å²) >= 11 is 0. The van der Waals surface area contributed by atoms with Crippen LogP contribution in [-0.2, 0) is 12.7 Å². The smallest absolute Gasteiger partial charge is 0.387 e. The fourth-order valence-electron chi connectivity index (χ4n) is 2.62. The Labute approximate surface area is 154 Å². The number of hydrogen-bond donors (Lipinski definition) is 1. The van der Waals surface area contributed by atoms with E-state index in [4.69, 9.17) is 4.52 Å². The predicted octanol–water partition coefficient (Wildman–Crippen LogP) is 3.92. The van der Waals surface area contributed by atoms with Gasteiger partial charge in [-0.3, -0.25) is 4.90 Å². The first-order valence-electron chi connectivity index (χ1n) is 8.24. The summed E-state index contributed by atoms with van der Waals surface area (Å²) in [6, 6.07) is 13.8. The van der Waals surface area contributed by atoms with E-state index in [1.54, 1.807) is 7.05 Å². The Bertz CT molecular complexity index is 864. The van der Waals surface area contributed by atoms with E-state index in [0.717, 1.165) is 17.7 Å². The van der Waals surface area contributed by atoms with E-state index in [-0.39, 0.29) is 5.82 Å². The highest BCUT2D eigenvalue weighted by Gasteiger charge is 2.30. The van der Waals surface area contributed by atoms with Gasteiger partial charge >= 0.3 is 6.18 Å². The van der Waals surface area contributed by atoms with Crippen LogP contribution in [-0.4, -0.2) is 33.7 Å². The topological polar surface area (TPSA) is 62.4 Å². The summed E-state index contributed by atoms with van der Waals surface area (Å²) in [5, 5.41) is 14.1. The monoisotopic (exact) mass is 377 g/mol. The van der Waals surface area contributed by atoms with Crippen molar-refractivity contribution in [1.82, 2.24) is 15.0 Å². The van der Waals surface area contributed by atoms with Crippen molar-refractivity contribution in [1.29, 1.82) is 0 Å². The molecule has 0 saturated heterocycles. The van der Waals surface area contributed by atoms with Crippen LogP contribution in [0.4, 0.5) is 13.2 Å². The summed E-state index contributed by atoms with van der Waals surface area (Å²) in [5.74, 6) is 0.531. The maximum atomic E-state index is 12.6. The lowest BCUT2D eigenvalue weighted by atomic mass is 10.1. The number of aliphatic hydroxyl groups excluding tert-OH is 1. The fourth-order valence-corrected chi connectivity index (χ4v) is 2.62. The van der Waals surface area contributed by atoms with E-state index in [0.29, 0.717) is 24.5 Å². The van der Waals surface area contributed by atoms with Crippen molar-refractivity contribution >= 4 is 0 Å². The van der Waals surface area contributed by atoms with Crippen LogP contribution in [0.3, 0.4) is 0 Å². The standard InChI is InChI=1S/C19H18F3N3O2/c1-25(11-16(26)13-5-3-2-4-6-13)12-17-23-18(24-27-17)14-7-9-15(10-8-14)19(20,21)22/h2-10,16,26H,11-12H2,1H3/t16-/m0/s1. The third-order valence-corrected chi connectivity index (χ3v) is 4.01. The van der Waals surface area contributed by atoms with Gasteiger partial charge in [-0.1, -0.05) is 47.6 Å². The highest BCUT2D eigenvalue weighted by molar-refractivity contribution is 5.54. The van der Waals surface area contributed by atoms with E-state index in [2.05, 4.69) is 10.1 Å². The van der Waals surface area contributed by atoms with Crippen molar-refractivity contribution < 1.29 is 22.8 Å². The number of nitrogens with zero attached hydrogens (tertiary/aromatic N) is 3. The summed E-state index contributed by atoms with van der Waals surface area (Å²) in [6.45, 7) is 0.666. The van der Waals surface area contributed by atoms with Gasteiger partial charge in [0, 0.05) is 12.1 Å². The van der Waals surface area contributed by atoms with Crippen molar-refractivity contribution in [3.63, 3.8) is 0 Å². The molecule has 0 radical (unpaired) electrons. The van der Waals surface area contributed by atoms with Crippen LogP contribution in [0.1, 0.15) is 23.1 Å². The Kier molecular flexibility index (Phi) is 5.57. The first-order chi connectivity index (χ1) is 12.8. The molecule has 0 fully saturated rings. The zero-order valence-electron chi connectivity index (χ0n) is 14.5. The number of likely N-dealkylation sites (N-methyl/N-ethyl adjacent to an activating group) is 1. The van der Waals surface area contributed by atoms with E-state index in [1.165, 1.54) is 12.1 Å². The molecule has 0 aliphatic carbocycles. The Morgan fingerprint density at radius 1 is 1.07 bits per heavy atom. The lowest BCUT2D eigenvalue weighted by molar-refractivity contribution is -0.137. The minimum absolute atomic E-state index is 0.218. The molecule has 0 amide bonds. The molecule has 3 rings (SSSR count). The van der Waals surface area contributed by atoms with Gasteiger partial charge in [-0.2, -0.15) is 18.2 Å². The molecule has 1 N–H and O–H groups in total. The minimum atomic E-state index is -4.39. The van der Waals surface area contributed by atoms with E-state index < -0.39 is 17.8 Å². The SMILES string of the molecule is CN(Cc1nc(-c2ccc(C(F)(F)F)cc2)no1)C[C@H](O)c1ccccc1. The minimum Gasteiger partial charge on any atom is -0.387 e. The molecule has 0 aliphatic heterocycles. The van der Waals surface area contributed by atoms with E-state index in [1.807, 2.05) is 35.2 Å². The lowest BCUT2D eigenvalue weighted by Crippen LogP contribution is -2.24. The Morgan fingerprint density at radius 2 is 1.74 bits per heavy atom. The van der Waals surface area contributed by atoms with Crippen LogP contribution < -0.4 is 0 Å². The highest BCUT2D eigenvalue weighted by atomic mass is 19.4. The largest absolute Gasteiger partial charge is 0.416 e. The van der Waals surface area contributed by atoms with Gasteiger partial charge in [-0.15, -0.1) is 0 Å². The molecule has 0 bridgehead atoms. The summed E-state index contributed by atoms with van der Waals surface area (Å²) in [5.41, 5.74) is 0.509. The van der Waals surface area contributed by atoms with Crippen LogP contribution in [0.5, 0.6) is 0 Å². The molecule has 1 atom stereocenters. The summed E-state index contributed by atoms with van der Waals surface area (Å²) in [7, 11) is 1.80. The van der Waals surface area contributed by atoms with Crippen LogP contribution in [0.15, 0.2) is 59.1 Å². The average Bonchev–Trinajstić information content (AvgIpc) is 3.10. The molecule has 142 valence electrons. The molecule has 0 aliphatic rings. The zero-order valence-corrected chi connectivity index (χ0v) is 14.5. The van der Waals surface area contributed by atoms with Crippen LogP contribution >= 0.6 is 0 Å². The number of hydrogen-bond acceptors (Lipinski definition) is 5. The molecule has 2 aromatic carbocycles. The van der Waals surface area contributed by atoms with Gasteiger partial charge < -0.3 is 9.63 Å². The van der Waals surface area contributed by atoms with Gasteiger partial charge in [0.15, 0.2) is 0 Å². The maximum Gasteiger partial charge on any atom is 0.416 e. The van der Waals surface area contributed by atoms with Gasteiger partial charge in [0.05, 0.1) is 18.2 Å². The van der Waals surface area contributed by atoms with Crippen molar-refractivity contribution in [2.75, 3.05) is 13.6 Å². The molecule has 0 saturated carbocycles. The van der Waals surface area contributed by atoms with Crippen LogP contribution in [0.2, 0.25) is 0 Å². The molecule has 8 heteroatoms. The van der Waals surface area contributed by atoms with Crippen molar-refractivity contribution in [3.05, 3.63) is 71.6 Å². The first kappa shape index (κ1) is 19.1. The number of aromatic nitrogens is 2. The van der Waals surface area contributed by atoms with Gasteiger partial charge in [-0.25, -0.2) is 0 Å². The van der Waals surface area contributed by atoms with Crippen molar-refractivity contribution in [2.45, 2.75) is 18.8 Å². The third kappa shape index (κ3) is 4.93. The second-order valence-corrected chi connectivity index (χ2v) is 6.21. The lowest BCUT2D eigenvalue weighted by Gasteiger charge is -2.19. The predicted molar refractivity (Wildman–Crippen MR) is 92.5 cm³/mol. The number of halogens is 3. The fraction of sp³-hybridized carbons (Fsp3) is 0.263. The highest BCUT2D eigenvalue weighted by Crippen LogP contribution is 2.30. The molecular formula is C19H18F3N3O2. The molecule has 3 aromatic rings. The van der Waals surface area contributed by atoms with Gasteiger partial charge in [0.1, 0.15) is 0 Å². The molecule has 27 heavy (non-hydrogen) atoms. The normalized spacial score (nSPS) is 13.1. The third-order valence-electron chi connectivity index (χ3n) is 4.01. The van der Waals surface area contributed by atoms with Crippen molar-refractivity contribution in [2.24, 2.45) is 0 Å². The summed E-state index contributed by atoms with van der Waals surface area (Å²) < 4.78 is 43.0. The van der Waals surface area contributed by atoms with Crippen LogP contribution in [0, 0.1) is 0 Å². The summed E-state index contributed by atoms with van der Waals surface area (Å²) in [4.78, 5) is 6.03.